The summed E-state index contributed by atoms with van der Waals surface area (Å²) in [5, 5.41) is 8.42. The fourth-order valence-corrected chi connectivity index (χ4v) is 3.79. The van der Waals surface area contributed by atoms with E-state index in [0.29, 0.717) is 0 Å². The van der Waals surface area contributed by atoms with Crippen LogP contribution in [0.25, 0.3) is 0 Å². The lowest BCUT2D eigenvalue weighted by Crippen LogP contribution is -2.78. The van der Waals surface area contributed by atoms with Gasteiger partial charge >= 0.3 is 71.3 Å². The van der Waals surface area contributed by atoms with Crippen LogP contribution in [0.5, 0.6) is 0 Å². The largest absolute Gasteiger partial charge is 0.460 e. The van der Waals surface area contributed by atoms with Crippen LogP contribution in [0.4, 0.5) is 110 Å². The normalized spacial score (nSPS) is 16.0. The molecule has 0 unspecified atom stereocenters. The molecule has 3 nitrogen and oxygen atoms in total. The minimum absolute atomic E-state index is 0.0476. The Morgan fingerprint density at radius 1 is 0.347 bits per heavy atom. The van der Waals surface area contributed by atoms with Gasteiger partial charge in [-0.2, -0.15) is 122 Å². The van der Waals surface area contributed by atoms with E-state index in [9.17, 15) is 110 Å². The van der Waals surface area contributed by atoms with E-state index in [0.717, 1.165) is 0 Å². The van der Waals surface area contributed by atoms with Gasteiger partial charge in [0.25, 0.3) is 0 Å². The maximum absolute atomic E-state index is 13.9. The Labute approximate surface area is 259 Å². The number of rotatable bonds is 21. The van der Waals surface area contributed by atoms with E-state index in [1.807, 2.05) is 0 Å². The smallest absolute Gasteiger partial charge is 0.394 e. The standard InChI is InChI=1S/C20H17F25O3S/c21-9(22,1-7-49-8-6-48-5-4-47-3-2-46)10(23,24)11(25,26)12(27,28)13(29,30)14(31,32)15(33,34)16(35,36)17(37,38)18(39,40)19(41,42)20(43,44)45/h46H,1-8H2. The number of hydrogen-bond donors (Lipinski definition) is 1. The van der Waals surface area contributed by atoms with Gasteiger partial charge in [-0.25, -0.2) is 0 Å². The Morgan fingerprint density at radius 3 is 0.939 bits per heavy atom. The van der Waals surface area contributed by atoms with Gasteiger partial charge in [-0.3, -0.25) is 0 Å². The van der Waals surface area contributed by atoms with E-state index in [4.69, 9.17) is 9.84 Å². The molecule has 296 valence electrons. The first-order valence-electron chi connectivity index (χ1n) is 11.9. The number of hydrogen-bond acceptors (Lipinski definition) is 4. The van der Waals surface area contributed by atoms with Crippen molar-refractivity contribution in [3.8, 4) is 0 Å². The molecule has 0 atom stereocenters. The van der Waals surface area contributed by atoms with Gasteiger partial charge in [-0.1, -0.05) is 0 Å². The Bertz CT molecular complexity index is 1070. The summed E-state index contributed by atoms with van der Waals surface area (Å²) in [6, 6.07) is 0. The van der Waals surface area contributed by atoms with Gasteiger partial charge in [0, 0.05) is 12.2 Å². The zero-order valence-electron chi connectivity index (χ0n) is 22.8. The lowest BCUT2D eigenvalue weighted by Gasteiger charge is -2.45. The molecule has 0 saturated carbocycles. The van der Waals surface area contributed by atoms with Gasteiger partial charge in [0.05, 0.1) is 33.0 Å². The summed E-state index contributed by atoms with van der Waals surface area (Å²) in [7, 11) is 0. The predicted molar refractivity (Wildman–Crippen MR) is 111 cm³/mol. The molecule has 0 aromatic heterocycles. The molecular formula is C20H17F25O3S. The predicted octanol–water partition coefficient (Wildman–Crippen LogP) is 8.69. The van der Waals surface area contributed by atoms with Crippen LogP contribution in [-0.4, -0.2) is 121 Å². The second kappa shape index (κ2) is 14.5. The molecule has 0 saturated heterocycles. The molecule has 0 aromatic carbocycles. The number of alkyl halides is 25. The molecule has 49 heavy (non-hydrogen) atoms. The third-order valence-corrected chi connectivity index (χ3v) is 6.85. The zero-order valence-corrected chi connectivity index (χ0v) is 23.6. The topological polar surface area (TPSA) is 38.7 Å². The zero-order chi connectivity index (χ0) is 39.8. The lowest BCUT2D eigenvalue weighted by molar-refractivity contribution is -0.482. The van der Waals surface area contributed by atoms with Crippen LogP contribution in [-0.2, 0) is 9.47 Å². The van der Waals surface area contributed by atoms with Crippen LogP contribution in [0.1, 0.15) is 6.42 Å². The Kier molecular flexibility index (Phi) is 14.0. The van der Waals surface area contributed by atoms with E-state index >= 15 is 0 Å². The fourth-order valence-electron chi connectivity index (χ4n) is 2.95. The SMILES string of the molecule is OCCOCCOCCSCCC(F)(F)C(F)(F)C(F)(F)C(F)(F)C(F)(F)C(F)(F)C(F)(F)C(F)(F)C(F)(F)C(F)(F)C(F)(F)C(F)(F)F. The first kappa shape index (κ1) is 47.5. The maximum Gasteiger partial charge on any atom is 0.460 e. The van der Waals surface area contributed by atoms with E-state index in [-0.39, 0.29) is 31.6 Å². The Hall–Kier alpha value is -1.52. The second-order valence-electron chi connectivity index (χ2n) is 9.26. The molecule has 0 aliphatic carbocycles. The van der Waals surface area contributed by atoms with E-state index in [1.165, 1.54) is 0 Å². The molecule has 0 heterocycles. The Balaban J connectivity index is 6.49. The highest BCUT2D eigenvalue weighted by atomic mass is 32.2. The van der Waals surface area contributed by atoms with Crippen LogP contribution in [0.15, 0.2) is 0 Å². The molecule has 0 bridgehead atoms. The monoisotopic (exact) mass is 812 g/mol. The number of halogens is 25. The third kappa shape index (κ3) is 7.53. The highest BCUT2D eigenvalue weighted by Crippen LogP contribution is 2.67. The number of ether oxygens (including phenoxy) is 2. The molecule has 1 N–H and O–H groups in total. The average Bonchev–Trinajstić information content (AvgIpc) is 2.92. The van der Waals surface area contributed by atoms with Crippen LogP contribution in [0, 0.1) is 0 Å². The molecule has 0 aliphatic rings. The molecule has 0 spiro atoms. The highest BCUT2D eigenvalue weighted by molar-refractivity contribution is 7.99. The molecule has 0 aliphatic heterocycles. The molecule has 0 fully saturated rings. The third-order valence-electron chi connectivity index (χ3n) is 5.90. The van der Waals surface area contributed by atoms with Crippen molar-refractivity contribution >= 4 is 11.8 Å². The van der Waals surface area contributed by atoms with Crippen molar-refractivity contribution in [3.63, 3.8) is 0 Å². The summed E-state index contributed by atoms with van der Waals surface area (Å²) >= 11 is 0.0476. The molecule has 0 aromatic rings. The van der Waals surface area contributed by atoms with Gasteiger partial charge < -0.3 is 14.6 Å². The van der Waals surface area contributed by atoms with Crippen LogP contribution in [0.2, 0.25) is 0 Å². The van der Waals surface area contributed by atoms with Crippen molar-refractivity contribution in [2.45, 2.75) is 77.7 Å². The molecule has 0 radical (unpaired) electrons. The van der Waals surface area contributed by atoms with Crippen molar-refractivity contribution < 1.29 is 124 Å². The van der Waals surface area contributed by atoms with Gasteiger partial charge in [0.15, 0.2) is 0 Å². The van der Waals surface area contributed by atoms with Gasteiger partial charge in [0.2, 0.25) is 0 Å². The summed E-state index contributed by atoms with van der Waals surface area (Å²) in [6.45, 7) is -1.47. The number of aliphatic hydroxyl groups is 1. The van der Waals surface area contributed by atoms with Crippen molar-refractivity contribution in [2.24, 2.45) is 0 Å². The highest BCUT2D eigenvalue weighted by Gasteiger charge is 2.99. The van der Waals surface area contributed by atoms with Gasteiger partial charge in [-0.05, 0) is 5.75 Å². The van der Waals surface area contributed by atoms with E-state index < -0.39 is 102 Å². The van der Waals surface area contributed by atoms with Crippen molar-refractivity contribution in [1.82, 2.24) is 0 Å². The van der Waals surface area contributed by atoms with Gasteiger partial charge in [0.1, 0.15) is 0 Å². The van der Waals surface area contributed by atoms with Crippen LogP contribution in [0.3, 0.4) is 0 Å². The van der Waals surface area contributed by atoms with Crippen molar-refractivity contribution in [2.75, 3.05) is 44.5 Å². The Morgan fingerprint density at radius 2 is 0.633 bits per heavy atom. The lowest BCUT2D eigenvalue weighted by atomic mass is 9.84. The second-order valence-corrected chi connectivity index (χ2v) is 10.5. The molecule has 0 amide bonds. The fraction of sp³-hybridized carbons (Fsp3) is 1.00. The minimum Gasteiger partial charge on any atom is -0.394 e. The van der Waals surface area contributed by atoms with Crippen molar-refractivity contribution in [3.05, 3.63) is 0 Å². The minimum atomic E-state index is -9.60. The average molecular weight is 812 g/mol. The summed E-state index contributed by atoms with van der Waals surface area (Å²) in [4.78, 5) is 0. The van der Waals surface area contributed by atoms with E-state index in [1.54, 1.807) is 0 Å². The number of aliphatic hydroxyl groups excluding tert-OH is 1. The summed E-state index contributed by atoms with van der Waals surface area (Å²) < 4.78 is 346. The summed E-state index contributed by atoms with van der Waals surface area (Å²) in [5.41, 5.74) is 0. The van der Waals surface area contributed by atoms with Crippen molar-refractivity contribution in [1.29, 1.82) is 0 Å². The quantitative estimate of drug-likeness (QED) is 0.0931. The first-order chi connectivity index (χ1) is 21.3. The van der Waals surface area contributed by atoms with Crippen LogP contribution >= 0.6 is 11.8 Å². The van der Waals surface area contributed by atoms with E-state index in [2.05, 4.69) is 4.74 Å². The summed E-state index contributed by atoms with van der Waals surface area (Å²) in [6.07, 6.45) is -11.0. The first-order valence-corrected chi connectivity index (χ1v) is 13.0. The summed E-state index contributed by atoms with van der Waals surface area (Å²) in [5.74, 6) is -100. The van der Waals surface area contributed by atoms with Crippen LogP contribution < -0.4 is 0 Å². The maximum atomic E-state index is 13.9. The van der Waals surface area contributed by atoms with Gasteiger partial charge in [-0.15, -0.1) is 0 Å². The molecular weight excluding hydrogens is 795 g/mol. The molecule has 29 heteroatoms. The number of thioether (sulfide) groups is 1. The molecule has 0 rings (SSSR count).